The van der Waals surface area contributed by atoms with Gasteiger partial charge in [0.05, 0.1) is 6.54 Å². The number of likely N-dealkylation sites (N-methyl/N-ethyl adjacent to an activating group) is 1. The lowest BCUT2D eigenvalue weighted by atomic mass is 10.0. The van der Waals surface area contributed by atoms with Gasteiger partial charge in [0.2, 0.25) is 5.91 Å². The molecule has 4 heteroatoms. The third kappa shape index (κ3) is 4.49. The van der Waals surface area contributed by atoms with Crippen LogP contribution < -0.4 is 11.1 Å². The Bertz CT molecular complexity index is 226. The molecule has 1 rings (SSSR count). The van der Waals surface area contributed by atoms with Crippen molar-refractivity contribution in [1.29, 1.82) is 0 Å². The van der Waals surface area contributed by atoms with Crippen molar-refractivity contribution < 1.29 is 4.79 Å². The first-order valence-corrected chi connectivity index (χ1v) is 6.27. The van der Waals surface area contributed by atoms with Crippen molar-refractivity contribution in [1.82, 2.24) is 10.2 Å². The van der Waals surface area contributed by atoms with Crippen LogP contribution in [0, 0.1) is 5.41 Å². The van der Waals surface area contributed by atoms with Crippen LogP contribution in [-0.2, 0) is 4.79 Å². The second-order valence-corrected chi connectivity index (χ2v) is 5.06. The maximum atomic E-state index is 11.5. The molecule has 0 atom stereocenters. The molecule has 0 unspecified atom stereocenters. The molecule has 1 fully saturated rings. The average molecular weight is 227 g/mol. The summed E-state index contributed by atoms with van der Waals surface area (Å²) in [5.41, 5.74) is 6.02. The smallest absolute Gasteiger partial charge is 0.234 e. The Kier molecular flexibility index (Phi) is 5.22. The standard InChI is InChI=1S/C12H25N3O/c1-3-8-14-11(16)9-15(2)10-12(4-5-12)6-7-13/h3-10,13H2,1-2H3,(H,14,16). The maximum absolute atomic E-state index is 11.5. The lowest BCUT2D eigenvalue weighted by molar-refractivity contribution is -0.122. The summed E-state index contributed by atoms with van der Waals surface area (Å²) < 4.78 is 0. The number of rotatable bonds is 8. The zero-order valence-corrected chi connectivity index (χ0v) is 10.6. The number of nitrogens with two attached hydrogens (primary N) is 1. The number of carbonyl (C=O) groups is 1. The quantitative estimate of drug-likeness (QED) is 0.637. The predicted octanol–water partition coefficient (Wildman–Crippen LogP) is 0.573. The fourth-order valence-electron chi connectivity index (χ4n) is 2.16. The molecule has 94 valence electrons. The number of amides is 1. The molecule has 1 amide bonds. The van der Waals surface area contributed by atoms with E-state index in [2.05, 4.69) is 17.1 Å². The molecule has 0 aliphatic heterocycles. The van der Waals surface area contributed by atoms with Gasteiger partial charge in [0.25, 0.3) is 0 Å². The van der Waals surface area contributed by atoms with Crippen molar-refractivity contribution in [3.05, 3.63) is 0 Å². The molecular formula is C12H25N3O. The number of nitrogens with zero attached hydrogens (tertiary/aromatic N) is 1. The third-order valence-corrected chi connectivity index (χ3v) is 3.22. The molecule has 0 bridgehead atoms. The SMILES string of the molecule is CCCNC(=O)CN(C)CC1(CCN)CC1. The van der Waals surface area contributed by atoms with Crippen LogP contribution in [0.3, 0.4) is 0 Å². The zero-order chi connectivity index (χ0) is 12.0. The van der Waals surface area contributed by atoms with Crippen LogP contribution in [0.2, 0.25) is 0 Å². The topological polar surface area (TPSA) is 58.4 Å². The molecule has 3 N–H and O–H groups in total. The predicted molar refractivity (Wildman–Crippen MR) is 66.1 cm³/mol. The summed E-state index contributed by atoms with van der Waals surface area (Å²) in [6.45, 7) is 5.11. The first-order chi connectivity index (χ1) is 7.62. The lowest BCUT2D eigenvalue weighted by Gasteiger charge is -2.22. The molecule has 0 heterocycles. The summed E-state index contributed by atoms with van der Waals surface area (Å²) in [5.74, 6) is 0.132. The van der Waals surface area contributed by atoms with Gasteiger partial charge in [0.15, 0.2) is 0 Å². The van der Waals surface area contributed by atoms with Gasteiger partial charge in [-0.25, -0.2) is 0 Å². The first kappa shape index (κ1) is 13.5. The van der Waals surface area contributed by atoms with E-state index in [4.69, 9.17) is 5.73 Å². The van der Waals surface area contributed by atoms with E-state index in [0.29, 0.717) is 12.0 Å². The Balaban J connectivity index is 2.20. The fraction of sp³-hybridized carbons (Fsp3) is 0.917. The number of hydrogen-bond donors (Lipinski definition) is 2. The first-order valence-electron chi connectivity index (χ1n) is 6.27. The van der Waals surface area contributed by atoms with Crippen LogP contribution in [0.15, 0.2) is 0 Å². The van der Waals surface area contributed by atoms with E-state index in [-0.39, 0.29) is 5.91 Å². The van der Waals surface area contributed by atoms with Crippen LogP contribution in [0.5, 0.6) is 0 Å². The van der Waals surface area contributed by atoms with Gasteiger partial charge in [-0.3, -0.25) is 9.69 Å². The molecule has 0 aromatic heterocycles. The van der Waals surface area contributed by atoms with Gasteiger partial charge >= 0.3 is 0 Å². The van der Waals surface area contributed by atoms with Gasteiger partial charge in [0.1, 0.15) is 0 Å². The molecule has 4 nitrogen and oxygen atoms in total. The van der Waals surface area contributed by atoms with Crippen molar-refractivity contribution in [3.8, 4) is 0 Å². The molecular weight excluding hydrogens is 202 g/mol. The highest BCUT2D eigenvalue weighted by atomic mass is 16.2. The zero-order valence-electron chi connectivity index (χ0n) is 10.6. The molecule has 0 aromatic rings. The molecule has 1 aliphatic carbocycles. The van der Waals surface area contributed by atoms with Crippen LogP contribution >= 0.6 is 0 Å². The van der Waals surface area contributed by atoms with E-state index in [1.54, 1.807) is 0 Å². The molecule has 0 saturated heterocycles. The van der Waals surface area contributed by atoms with Crippen molar-refractivity contribution >= 4 is 5.91 Å². The Morgan fingerprint density at radius 2 is 2.19 bits per heavy atom. The van der Waals surface area contributed by atoms with E-state index >= 15 is 0 Å². The van der Waals surface area contributed by atoms with Gasteiger partial charge in [0, 0.05) is 13.1 Å². The average Bonchev–Trinajstić information content (AvgIpc) is 2.95. The summed E-state index contributed by atoms with van der Waals surface area (Å²) in [6, 6.07) is 0. The highest BCUT2D eigenvalue weighted by Crippen LogP contribution is 2.48. The number of hydrogen-bond acceptors (Lipinski definition) is 3. The third-order valence-electron chi connectivity index (χ3n) is 3.22. The number of nitrogens with one attached hydrogen (secondary N) is 1. The van der Waals surface area contributed by atoms with E-state index in [1.807, 2.05) is 7.05 Å². The van der Waals surface area contributed by atoms with Crippen LogP contribution in [-0.4, -0.2) is 44.0 Å². The summed E-state index contributed by atoms with van der Waals surface area (Å²) in [7, 11) is 2.02. The summed E-state index contributed by atoms with van der Waals surface area (Å²) >= 11 is 0. The van der Waals surface area contributed by atoms with E-state index in [0.717, 1.165) is 32.5 Å². The van der Waals surface area contributed by atoms with E-state index < -0.39 is 0 Å². The Morgan fingerprint density at radius 3 is 2.69 bits per heavy atom. The van der Waals surface area contributed by atoms with Crippen LogP contribution in [0.1, 0.15) is 32.6 Å². The largest absolute Gasteiger partial charge is 0.355 e. The monoisotopic (exact) mass is 227 g/mol. The second kappa shape index (κ2) is 6.21. The molecule has 16 heavy (non-hydrogen) atoms. The minimum absolute atomic E-state index is 0.132. The number of carbonyl (C=O) groups excluding carboxylic acids is 1. The van der Waals surface area contributed by atoms with Gasteiger partial charge < -0.3 is 11.1 Å². The second-order valence-electron chi connectivity index (χ2n) is 5.06. The summed E-state index contributed by atoms with van der Waals surface area (Å²) in [5, 5.41) is 2.90. The Morgan fingerprint density at radius 1 is 1.50 bits per heavy atom. The van der Waals surface area contributed by atoms with Crippen molar-refractivity contribution in [2.24, 2.45) is 11.1 Å². The normalized spacial score (nSPS) is 17.5. The Labute approximate surface area is 98.6 Å². The summed E-state index contributed by atoms with van der Waals surface area (Å²) in [4.78, 5) is 13.6. The maximum Gasteiger partial charge on any atom is 0.234 e. The van der Waals surface area contributed by atoms with E-state index in [9.17, 15) is 4.79 Å². The van der Waals surface area contributed by atoms with E-state index in [1.165, 1.54) is 12.8 Å². The molecule has 1 saturated carbocycles. The highest BCUT2D eigenvalue weighted by Gasteiger charge is 2.42. The van der Waals surface area contributed by atoms with Crippen LogP contribution in [0.25, 0.3) is 0 Å². The van der Waals surface area contributed by atoms with Crippen molar-refractivity contribution in [2.45, 2.75) is 32.6 Å². The van der Waals surface area contributed by atoms with Gasteiger partial charge in [-0.1, -0.05) is 6.92 Å². The minimum atomic E-state index is 0.132. The van der Waals surface area contributed by atoms with Crippen molar-refractivity contribution in [3.63, 3.8) is 0 Å². The lowest BCUT2D eigenvalue weighted by Crippen LogP contribution is -2.38. The highest BCUT2D eigenvalue weighted by molar-refractivity contribution is 5.77. The molecule has 0 radical (unpaired) electrons. The van der Waals surface area contributed by atoms with Crippen LogP contribution in [0.4, 0.5) is 0 Å². The molecule has 1 aliphatic rings. The fourth-order valence-corrected chi connectivity index (χ4v) is 2.16. The Hall–Kier alpha value is -0.610. The van der Waals surface area contributed by atoms with Gasteiger partial charge in [-0.15, -0.1) is 0 Å². The van der Waals surface area contributed by atoms with Gasteiger partial charge in [-0.05, 0) is 44.7 Å². The molecule has 0 aromatic carbocycles. The van der Waals surface area contributed by atoms with Crippen molar-refractivity contribution in [2.75, 3.05) is 33.2 Å². The minimum Gasteiger partial charge on any atom is -0.355 e. The molecule has 0 spiro atoms. The van der Waals surface area contributed by atoms with Gasteiger partial charge in [-0.2, -0.15) is 0 Å². The summed E-state index contributed by atoms with van der Waals surface area (Å²) in [6.07, 6.45) is 4.62.